The molecule has 1 aromatic carbocycles. The van der Waals surface area contributed by atoms with E-state index in [9.17, 15) is 9.59 Å². The highest BCUT2D eigenvalue weighted by Gasteiger charge is 2.40. The van der Waals surface area contributed by atoms with Crippen LogP contribution in [0.25, 0.3) is 11.5 Å². The molecule has 0 saturated carbocycles. The number of piperazine rings is 1. The summed E-state index contributed by atoms with van der Waals surface area (Å²) >= 11 is 0. The van der Waals surface area contributed by atoms with Crippen LogP contribution in [0.1, 0.15) is 19.7 Å². The molecule has 1 aliphatic rings. The number of rotatable bonds is 3. The van der Waals surface area contributed by atoms with Gasteiger partial charge < -0.3 is 14.2 Å². The van der Waals surface area contributed by atoms with Crippen LogP contribution in [0, 0.1) is 0 Å². The second-order valence-electron chi connectivity index (χ2n) is 5.63. The summed E-state index contributed by atoms with van der Waals surface area (Å²) in [5.41, 5.74) is 0.813. The molecule has 0 aliphatic carbocycles. The maximum Gasteiger partial charge on any atom is 0.247 e. The Balaban J connectivity index is 1.80. The molecule has 0 N–H and O–H groups in total. The average Bonchev–Trinajstić information content (AvgIpc) is 3.05. The Bertz CT molecular complexity index is 728. The summed E-state index contributed by atoms with van der Waals surface area (Å²) in [5, 5.41) is 7.99. The molecule has 2 amide bonds. The summed E-state index contributed by atoms with van der Waals surface area (Å²) in [6.07, 6.45) is 0. The molecule has 1 aromatic heterocycles. The smallest absolute Gasteiger partial charge is 0.247 e. The van der Waals surface area contributed by atoms with Crippen molar-refractivity contribution in [1.29, 1.82) is 0 Å². The Morgan fingerprint density at radius 3 is 2.43 bits per heavy atom. The highest BCUT2D eigenvalue weighted by molar-refractivity contribution is 5.96. The zero-order chi connectivity index (χ0) is 16.6. The number of hydrogen-bond donors (Lipinski definition) is 0. The summed E-state index contributed by atoms with van der Waals surface area (Å²) in [7, 11) is 1.64. The van der Waals surface area contributed by atoms with E-state index in [1.54, 1.807) is 20.9 Å². The molecule has 2 aromatic rings. The van der Waals surface area contributed by atoms with Crippen LogP contribution in [0.3, 0.4) is 0 Å². The van der Waals surface area contributed by atoms with Gasteiger partial charge >= 0.3 is 0 Å². The maximum atomic E-state index is 12.4. The lowest BCUT2D eigenvalue weighted by Crippen LogP contribution is -2.61. The van der Waals surface area contributed by atoms with Crippen LogP contribution in [0.4, 0.5) is 0 Å². The van der Waals surface area contributed by atoms with E-state index in [0.717, 1.165) is 5.56 Å². The van der Waals surface area contributed by atoms with Crippen molar-refractivity contribution in [3.05, 3.63) is 36.2 Å². The van der Waals surface area contributed by atoms with Crippen LogP contribution < -0.4 is 0 Å². The number of carbonyl (C=O) groups excluding carboxylic acids is 2. The van der Waals surface area contributed by atoms with E-state index in [-0.39, 0.29) is 18.4 Å². The average molecular weight is 314 g/mol. The fourth-order valence-electron chi connectivity index (χ4n) is 2.59. The Morgan fingerprint density at radius 2 is 1.74 bits per heavy atom. The van der Waals surface area contributed by atoms with Gasteiger partial charge in [-0.1, -0.05) is 18.2 Å². The number of likely N-dealkylation sites (N-methyl/N-ethyl adjacent to an activating group) is 1. The van der Waals surface area contributed by atoms with Crippen molar-refractivity contribution in [2.45, 2.75) is 32.5 Å². The van der Waals surface area contributed by atoms with Gasteiger partial charge in [-0.25, -0.2) is 0 Å². The summed E-state index contributed by atoms with van der Waals surface area (Å²) < 4.78 is 5.63. The zero-order valence-corrected chi connectivity index (χ0v) is 13.3. The Hall–Kier alpha value is -2.70. The summed E-state index contributed by atoms with van der Waals surface area (Å²) in [6, 6.07) is 8.36. The molecule has 7 nitrogen and oxygen atoms in total. The van der Waals surface area contributed by atoms with E-state index in [2.05, 4.69) is 10.2 Å². The molecular weight excluding hydrogens is 296 g/mol. The number of amides is 2. The van der Waals surface area contributed by atoms with E-state index in [1.807, 2.05) is 30.3 Å². The number of benzene rings is 1. The fraction of sp³-hybridized carbons (Fsp3) is 0.375. The number of carbonyl (C=O) groups is 2. The summed E-state index contributed by atoms with van der Waals surface area (Å²) in [6.45, 7) is 3.54. The SMILES string of the molecule is C[C@H]1C(=O)N(Cc2nnc(-c3ccccc3)o2)[C@@H](C)C(=O)N1C. The minimum atomic E-state index is -0.546. The van der Waals surface area contributed by atoms with E-state index in [4.69, 9.17) is 4.42 Å². The van der Waals surface area contributed by atoms with Gasteiger partial charge in [0.2, 0.25) is 23.6 Å². The third-order valence-electron chi connectivity index (χ3n) is 4.19. The van der Waals surface area contributed by atoms with E-state index in [1.165, 1.54) is 9.80 Å². The van der Waals surface area contributed by atoms with Crippen LogP contribution >= 0.6 is 0 Å². The molecule has 120 valence electrons. The molecule has 1 saturated heterocycles. The van der Waals surface area contributed by atoms with Crippen molar-refractivity contribution in [3.63, 3.8) is 0 Å². The molecule has 0 radical (unpaired) electrons. The lowest BCUT2D eigenvalue weighted by molar-refractivity contribution is -0.159. The minimum absolute atomic E-state index is 0.0973. The molecule has 1 fully saturated rings. The quantitative estimate of drug-likeness (QED) is 0.853. The molecule has 0 bridgehead atoms. The highest BCUT2D eigenvalue weighted by atomic mass is 16.4. The summed E-state index contributed by atoms with van der Waals surface area (Å²) in [4.78, 5) is 27.5. The molecule has 2 atom stereocenters. The molecule has 3 rings (SSSR count). The van der Waals surface area contributed by atoms with Crippen molar-refractivity contribution in [3.8, 4) is 11.5 Å². The summed E-state index contributed by atoms with van der Waals surface area (Å²) in [5.74, 6) is 0.488. The van der Waals surface area contributed by atoms with Gasteiger partial charge in [-0.05, 0) is 26.0 Å². The van der Waals surface area contributed by atoms with Crippen molar-refractivity contribution >= 4 is 11.8 Å². The van der Waals surface area contributed by atoms with Crippen LogP contribution in [0.5, 0.6) is 0 Å². The minimum Gasteiger partial charge on any atom is -0.419 e. The number of aromatic nitrogens is 2. The predicted octanol–water partition coefficient (Wildman–Crippen LogP) is 1.31. The second-order valence-corrected chi connectivity index (χ2v) is 5.63. The Morgan fingerprint density at radius 1 is 1.04 bits per heavy atom. The number of nitrogens with zero attached hydrogens (tertiary/aromatic N) is 4. The largest absolute Gasteiger partial charge is 0.419 e. The van der Waals surface area contributed by atoms with Gasteiger partial charge in [-0.3, -0.25) is 9.59 Å². The lowest BCUT2D eigenvalue weighted by Gasteiger charge is -2.40. The lowest BCUT2D eigenvalue weighted by atomic mass is 10.1. The van der Waals surface area contributed by atoms with Crippen molar-refractivity contribution < 1.29 is 14.0 Å². The first-order valence-electron chi connectivity index (χ1n) is 7.44. The predicted molar refractivity (Wildman–Crippen MR) is 82.0 cm³/mol. The molecular formula is C16H18N4O3. The van der Waals surface area contributed by atoms with Gasteiger partial charge in [0.1, 0.15) is 12.1 Å². The first-order valence-corrected chi connectivity index (χ1v) is 7.44. The molecule has 0 unspecified atom stereocenters. The third kappa shape index (κ3) is 2.69. The van der Waals surface area contributed by atoms with E-state index < -0.39 is 12.1 Å². The van der Waals surface area contributed by atoms with E-state index in [0.29, 0.717) is 11.8 Å². The van der Waals surface area contributed by atoms with Crippen molar-refractivity contribution in [2.75, 3.05) is 7.05 Å². The van der Waals surface area contributed by atoms with Gasteiger partial charge in [0.25, 0.3) is 0 Å². The van der Waals surface area contributed by atoms with Gasteiger partial charge in [-0.15, -0.1) is 10.2 Å². The molecule has 7 heteroatoms. The normalized spacial score (nSPS) is 21.9. The highest BCUT2D eigenvalue weighted by Crippen LogP contribution is 2.21. The standard InChI is InChI=1S/C16H18N4O3/c1-10-16(22)20(11(2)15(21)19(10)3)9-13-17-18-14(23-13)12-7-5-4-6-8-12/h4-8,10-11H,9H2,1-3H3/t10-,11-/m0/s1. The second kappa shape index (κ2) is 5.83. The Kier molecular flexibility index (Phi) is 3.85. The fourth-order valence-corrected chi connectivity index (χ4v) is 2.59. The molecule has 23 heavy (non-hydrogen) atoms. The van der Waals surface area contributed by atoms with Crippen LogP contribution in [-0.4, -0.2) is 50.9 Å². The van der Waals surface area contributed by atoms with Crippen molar-refractivity contribution in [1.82, 2.24) is 20.0 Å². The van der Waals surface area contributed by atoms with Crippen LogP contribution in [-0.2, 0) is 16.1 Å². The molecule has 1 aliphatic heterocycles. The first-order chi connectivity index (χ1) is 11.0. The van der Waals surface area contributed by atoms with Gasteiger partial charge in [-0.2, -0.15) is 0 Å². The molecule has 2 heterocycles. The van der Waals surface area contributed by atoms with Crippen molar-refractivity contribution in [2.24, 2.45) is 0 Å². The topological polar surface area (TPSA) is 79.5 Å². The van der Waals surface area contributed by atoms with E-state index >= 15 is 0 Å². The maximum absolute atomic E-state index is 12.4. The van der Waals surface area contributed by atoms with Gasteiger partial charge in [0, 0.05) is 12.6 Å². The monoisotopic (exact) mass is 314 g/mol. The van der Waals surface area contributed by atoms with Crippen LogP contribution in [0.2, 0.25) is 0 Å². The number of hydrogen-bond acceptors (Lipinski definition) is 5. The molecule has 0 spiro atoms. The van der Waals surface area contributed by atoms with Gasteiger partial charge in [0.05, 0.1) is 6.54 Å². The Labute approximate surface area is 133 Å². The third-order valence-corrected chi connectivity index (χ3v) is 4.19. The van der Waals surface area contributed by atoms with Gasteiger partial charge in [0.15, 0.2) is 0 Å². The zero-order valence-electron chi connectivity index (χ0n) is 13.3. The van der Waals surface area contributed by atoms with Crippen LogP contribution in [0.15, 0.2) is 34.7 Å². The first kappa shape index (κ1) is 15.2.